The number of halogens is 3. The lowest BCUT2D eigenvalue weighted by Crippen LogP contribution is -2.53. The van der Waals surface area contributed by atoms with Gasteiger partial charge in [-0.05, 0) is 85.3 Å². The van der Waals surface area contributed by atoms with E-state index in [1.165, 1.54) is 15.9 Å². The quantitative estimate of drug-likeness (QED) is 0.171. The first-order chi connectivity index (χ1) is 23.5. The highest BCUT2D eigenvalue weighted by molar-refractivity contribution is 6.33. The summed E-state index contributed by atoms with van der Waals surface area (Å²) in [6.07, 6.45) is 2.31. The van der Waals surface area contributed by atoms with Crippen molar-refractivity contribution in [2.45, 2.75) is 31.1 Å². The Hall–Kier alpha value is -4.43. The molecule has 0 bridgehead atoms. The van der Waals surface area contributed by atoms with Crippen molar-refractivity contribution in [1.82, 2.24) is 0 Å². The van der Waals surface area contributed by atoms with E-state index in [9.17, 15) is 19.5 Å². The number of amides is 4. The van der Waals surface area contributed by atoms with Gasteiger partial charge in [0.1, 0.15) is 5.75 Å². The van der Waals surface area contributed by atoms with E-state index in [-0.39, 0.29) is 30.4 Å². The van der Waals surface area contributed by atoms with Gasteiger partial charge in [-0.3, -0.25) is 19.2 Å². The van der Waals surface area contributed by atoms with E-state index < -0.39 is 46.8 Å². The van der Waals surface area contributed by atoms with Crippen molar-refractivity contribution in [3.8, 4) is 5.75 Å². The number of aromatic hydroxyl groups is 1. The predicted molar refractivity (Wildman–Crippen MR) is 188 cm³/mol. The van der Waals surface area contributed by atoms with Gasteiger partial charge in [0.05, 0.1) is 34.5 Å². The zero-order chi connectivity index (χ0) is 34.4. The lowest BCUT2D eigenvalue weighted by molar-refractivity contribution is -0.127. The van der Waals surface area contributed by atoms with Crippen molar-refractivity contribution >= 4 is 69.8 Å². The summed E-state index contributed by atoms with van der Waals surface area (Å²) in [6.45, 7) is 1.84. The minimum atomic E-state index is -1.52. The summed E-state index contributed by atoms with van der Waals surface area (Å²) in [5, 5.41) is 12.6. The van der Waals surface area contributed by atoms with E-state index in [1.54, 1.807) is 54.6 Å². The fourth-order valence-electron chi connectivity index (χ4n) is 8.82. The summed E-state index contributed by atoms with van der Waals surface area (Å²) in [5.41, 5.74) is 1.69. The number of benzene rings is 4. The zero-order valence-corrected chi connectivity index (χ0v) is 28.4. The SMILES string of the molecule is Cc1ccc(N2C(=O)C3CC=C4C(CC5C(=O)N(c6cccc(Cl)c6)C(=O)C5(c5ccccc5)C4c4cc(Cl)ccc4O)C3C2=O)cc1Cl. The fourth-order valence-corrected chi connectivity index (χ4v) is 9.36. The molecule has 246 valence electrons. The molecule has 7 nitrogen and oxygen atoms in total. The van der Waals surface area contributed by atoms with Gasteiger partial charge in [0.15, 0.2) is 0 Å². The van der Waals surface area contributed by atoms with Crippen molar-refractivity contribution in [2.75, 3.05) is 9.80 Å². The minimum Gasteiger partial charge on any atom is -0.508 e. The lowest BCUT2D eigenvalue weighted by atomic mass is 9.49. The molecule has 1 saturated carbocycles. The smallest absolute Gasteiger partial charge is 0.246 e. The van der Waals surface area contributed by atoms with Gasteiger partial charge in [0.2, 0.25) is 23.6 Å². The average molecular weight is 712 g/mol. The summed E-state index contributed by atoms with van der Waals surface area (Å²) in [6, 6.07) is 25.5. The van der Waals surface area contributed by atoms with Crippen LogP contribution >= 0.6 is 34.8 Å². The van der Waals surface area contributed by atoms with Gasteiger partial charge < -0.3 is 5.11 Å². The number of carbonyl (C=O) groups excluding carboxylic acids is 4. The second-order valence-electron chi connectivity index (χ2n) is 13.2. The van der Waals surface area contributed by atoms with Crippen LogP contribution in [0.5, 0.6) is 5.75 Å². The highest BCUT2D eigenvalue weighted by atomic mass is 35.5. The van der Waals surface area contributed by atoms with Crippen LogP contribution in [0.25, 0.3) is 0 Å². The molecule has 2 aliphatic heterocycles. The lowest BCUT2D eigenvalue weighted by Gasteiger charge is -2.50. The van der Waals surface area contributed by atoms with Gasteiger partial charge >= 0.3 is 0 Å². The summed E-state index contributed by atoms with van der Waals surface area (Å²) >= 11 is 19.4. The molecule has 6 unspecified atom stereocenters. The number of phenols is 1. The number of anilines is 2. The second-order valence-corrected chi connectivity index (χ2v) is 14.5. The molecule has 2 aliphatic carbocycles. The van der Waals surface area contributed by atoms with Gasteiger partial charge in [-0.15, -0.1) is 0 Å². The van der Waals surface area contributed by atoms with Crippen LogP contribution in [0.1, 0.15) is 35.4 Å². The van der Waals surface area contributed by atoms with Gasteiger partial charge in [-0.25, -0.2) is 9.80 Å². The molecule has 8 rings (SSSR count). The normalized spacial score (nSPS) is 27.6. The molecular formula is C39H29Cl3N2O5. The average Bonchev–Trinajstić information content (AvgIpc) is 3.48. The standard InChI is InChI=1S/C39H29Cl3N2O5/c1-20-10-12-25(18-31(20)42)43-35(46)27-14-13-26-28(33(27)37(43)48)19-30-36(47)44(24-9-5-8-22(40)16-24)38(49)39(30,21-6-3-2-4-7-21)34(26)29-17-23(41)11-15-32(29)45/h2-13,15-18,27-28,30,33-34,45H,14,19H2,1H3. The number of phenolic OH excluding ortho intramolecular Hbond substituents is 1. The summed E-state index contributed by atoms with van der Waals surface area (Å²) in [4.78, 5) is 60.9. The van der Waals surface area contributed by atoms with Crippen molar-refractivity contribution in [3.05, 3.63) is 134 Å². The largest absolute Gasteiger partial charge is 0.508 e. The van der Waals surface area contributed by atoms with Gasteiger partial charge in [-0.1, -0.05) is 88.9 Å². The van der Waals surface area contributed by atoms with E-state index in [0.29, 0.717) is 37.6 Å². The van der Waals surface area contributed by atoms with E-state index in [1.807, 2.05) is 43.3 Å². The molecule has 0 spiro atoms. The summed E-state index contributed by atoms with van der Waals surface area (Å²) < 4.78 is 0. The fraction of sp³-hybridized carbons (Fsp3) is 0.231. The van der Waals surface area contributed by atoms with Gasteiger partial charge in [0, 0.05) is 26.5 Å². The molecule has 49 heavy (non-hydrogen) atoms. The highest BCUT2D eigenvalue weighted by Crippen LogP contribution is 2.65. The Morgan fingerprint density at radius 1 is 0.735 bits per heavy atom. The molecular weight excluding hydrogens is 683 g/mol. The van der Waals surface area contributed by atoms with Crippen molar-refractivity contribution in [1.29, 1.82) is 0 Å². The molecule has 2 heterocycles. The highest BCUT2D eigenvalue weighted by Gasteiger charge is 2.70. The van der Waals surface area contributed by atoms with Gasteiger partial charge in [-0.2, -0.15) is 0 Å². The van der Waals surface area contributed by atoms with Crippen LogP contribution in [-0.4, -0.2) is 28.7 Å². The van der Waals surface area contributed by atoms with Crippen LogP contribution in [0, 0.1) is 30.6 Å². The number of nitrogens with zero attached hydrogens (tertiary/aromatic N) is 2. The third kappa shape index (κ3) is 4.55. The molecule has 4 aromatic rings. The van der Waals surface area contributed by atoms with E-state index in [4.69, 9.17) is 34.8 Å². The van der Waals surface area contributed by atoms with Gasteiger partial charge in [0.25, 0.3) is 0 Å². The maximum absolute atomic E-state index is 15.3. The molecule has 0 aromatic heterocycles. The minimum absolute atomic E-state index is 0.0988. The molecule has 6 atom stereocenters. The van der Waals surface area contributed by atoms with Crippen LogP contribution in [0.15, 0.2) is 103 Å². The predicted octanol–water partition coefficient (Wildman–Crippen LogP) is 8.03. The van der Waals surface area contributed by atoms with E-state index >= 15 is 4.79 Å². The molecule has 1 N–H and O–H groups in total. The van der Waals surface area contributed by atoms with E-state index in [2.05, 4.69) is 0 Å². The molecule has 4 amide bonds. The van der Waals surface area contributed by atoms with Crippen molar-refractivity contribution in [2.24, 2.45) is 23.7 Å². The molecule has 4 aliphatic rings. The molecule has 10 heteroatoms. The van der Waals surface area contributed by atoms with Crippen molar-refractivity contribution < 1.29 is 24.3 Å². The number of carbonyl (C=O) groups is 4. The molecule has 2 saturated heterocycles. The number of hydrogen-bond donors (Lipinski definition) is 1. The molecule has 0 radical (unpaired) electrons. The number of rotatable bonds is 4. The van der Waals surface area contributed by atoms with Crippen molar-refractivity contribution in [3.63, 3.8) is 0 Å². The Labute approximate surface area is 297 Å². The maximum atomic E-state index is 15.3. The Morgan fingerprint density at radius 3 is 2.20 bits per heavy atom. The Kier molecular flexibility index (Phi) is 7.52. The monoisotopic (exact) mass is 710 g/mol. The molecule has 4 aromatic carbocycles. The second kappa shape index (κ2) is 11.6. The van der Waals surface area contributed by atoms with Crippen LogP contribution in [0.2, 0.25) is 15.1 Å². The van der Waals surface area contributed by atoms with E-state index in [0.717, 1.165) is 11.1 Å². The Balaban J connectivity index is 1.36. The topological polar surface area (TPSA) is 95.0 Å². The number of aryl methyl sites for hydroxylation is 1. The summed E-state index contributed by atoms with van der Waals surface area (Å²) in [7, 11) is 0. The molecule has 3 fully saturated rings. The third-order valence-electron chi connectivity index (χ3n) is 10.9. The summed E-state index contributed by atoms with van der Waals surface area (Å²) in [5.74, 6) is -5.64. The third-order valence-corrected chi connectivity index (χ3v) is 11.8. The zero-order valence-electron chi connectivity index (χ0n) is 26.1. The van der Waals surface area contributed by atoms with Crippen LogP contribution in [0.4, 0.5) is 11.4 Å². The van der Waals surface area contributed by atoms with Crippen LogP contribution in [0.3, 0.4) is 0 Å². The number of allylic oxidation sites excluding steroid dienone is 2. The Bertz CT molecular complexity index is 2130. The Morgan fingerprint density at radius 2 is 1.47 bits per heavy atom. The van der Waals surface area contributed by atoms with Crippen LogP contribution < -0.4 is 9.80 Å². The first-order valence-electron chi connectivity index (χ1n) is 16.1. The first kappa shape index (κ1) is 31.8. The number of fused-ring (bicyclic) bond motifs is 4. The number of hydrogen-bond acceptors (Lipinski definition) is 5. The van der Waals surface area contributed by atoms with Crippen LogP contribution in [-0.2, 0) is 24.6 Å². The maximum Gasteiger partial charge on any atom is 0.246 e. The number of imide groups is 2. The first-order valence-corrected chi connectivity index (χ1v) is 17.2.